The van der Waals surface area contributed by atoms with Crippen LogP contribution in [-0.2, 0) is 4.79 Å². The van der Waals surface area contributed by atoms with Gasteiger partial charge in [-0.05, 0) is 19.8 Å². The van der Waals surface area contributed by atoms with Crippen LogP contribution < -0.4 is 9.47 Å². The average Bonchev–Trinajstić information content (AvgIpc) is 2.47. The maximum absolute atomic E-state index is 11.9. The molecule has 1 aliphatic heterocycles. The number of alkyl halides is 1. The van der Waals surface area contributed by atoms with E-state index >= 15 is 0 Å². The monoisotopic (exact) mass is 299 g/mol. The molecule has 6 nitrogen and oxygen atoms in total. The number of likely N-dealkylation sites (tertiary alicyclic amines) is 1. The molecule has 20 heavy (non-hydrogen) atoms. The van der Waals surface area contributed by atoms with Crippen molar-refractivity contribution in [1.29, 1.82) is 0 Å². The van der Waals surface area contributed by atoms with Gasteiger partial charge in [-0.25, -0.2) is 9.97 Å². The number of rotatable bonds is 4. The summed E-state index contributed by atoms with van der Waals surface area (Å²) < 4.78 is 10.9. The minimum atomic E-state index is -0.514. The van der Waals surface area contributed by atoms with E-state index in [1.54, 1.807) is 18.0 Å². The first kappa shape index (κ1) is 14.8. The highest BCUT2D eigenvalue weighted by Crippen LogP contribution is 2.24. The Balaban J connectivity index is 2.01. The molecule has 1 amide bonds. The van der Waals surface area contributed by atoms with Gasteiger partial charge in [0.2, 0.25) is 5.91 Å². The SMILES string of the molecule is COc1nccnc1OC1CCCN(C(=O)C(C)Cl)C1. The summed E-state index contributed by atoms with van der Waals surface area (Å²) in [5.41, 5.74) is 0. The molecule has 0 aliphatic carbocycles. The van der Waals surface area contributed by atoms with E-state index in [0.717, 1.165) is 12.8 Å². The number of nitrogens with zero attached hydrogens (tertiary/aromatic N) is 3. The second-order valence-corrected chi connectivity index (χ2v) is 5.31. The fourth-order valence-corrected chi connectivity index (χ4v) is 2.32. The third-order valence-corrected chi connectivity index (χ3v) is 3.32. The van der Waals surface area contributed by atoms with Gasteiger partial charge in [0.15, 0.2) is 0 Å². The Hall–Kier alpha value is -1.56. The first-order valence-electron chi connectivity index (χ1n) is 6.56. The molecule has 2 heterocycles. The van der Waals surface area contributed by atoms with Crippen molar-refractivity contribution in [2.45, 2.75) is 31.2 Å². The minimum absolute atomic E-state index is 0.0638. The number of halogens is 1. The van der Waals surface area contributed by atoms with Crippen LogP contribution in [0, 0.1) is 0 Å². The van der Waals surface area contributed by atoms with E-state index in [-0.39, 0.29) is 12.0 Å². The number of hydrogen-bond donors (Lipinski definition) is 0. The zero-order valence-electron chi connectivity index (χ0n) is 11.6. The lowest BCUT2D eigenvalue weighted by molar-refractivity contribution is -0.133. The predicted octanol–water partition coefficient (Wildman–Crippen LogP) is 1.48. The molecule has 1 aromatic rings. The lowest BCUT2D eigenvalue weighted by Gasteiger charge is -2.33. The van der Waals surface area contributed by atoms with Crippen molar-refractivity contribution in [1.82, 2.24) is 14.9 Å². The summed E-state index contributed by atoms with van der Waals surface area (Å²) in [5.74, 6) is 0.640. The summed E-state index contributed by atoms with van der Waals surface area (Å²) in [6, 6.07) is 0. The van der Waals surface area contributed by atoms with E-state index in [2.05, 4.69) is 9.97 Å². The highest BCUT2D eigenvalue weighted by atomic mass is 35.5. The molecule has 0 spiro atoms. The smallest absolute Gasteiger partial charge is 0.278 e. The minimum Gasteiger partial charge on any atom is -0.477 e. The third kappa shape index (κ3) is 3.50. The van der Waals surface area contributed by atoms with Crippen molar-refractivity contribution in [2.24, 2.45) is 0 Å². The van der Waals surface area contributed by atoms with E-state index in [4.69, 9.17) is 21.1 Å². The molecule has 2 atom stereocenters. The number of carbonyl (C=O) groups excluding carboxylic acids is 1. The van der Waals surface area contributed by atoms with Gasteiger partial charge in [0.05, 0.1) is 13.7 Å². The van der Waals surface area contributed by atoms with E-state index in [1.165, 1.54) is 13.3 Å². The van der Waals surface area contributed by atoms with Crippen molar-refractivity contribution in [3.63, 3.8) is 0 Å². The fourth-order valence-electron chi connectivity index (χ4n) is 2.18. The lowest BCUT2D eigenvalue weighted by Crippen LogP contribution is -2.46. The van der Waals surface area contributed by atoms with Crippen molar-refractivity contribution < 1.29 is 14.3 Å². The molecule has 0 aromatic carbocycles. The van der Waals surface area contributed by atoms with Crippen molar-refractivity contribution in [3.8, 4) is 11.8 Å². The maximum atomic E-state index is 11.9. The standard InChI is InChI=1S/C13H18ClN3O3/c1-9(14)13(18)17-7-3-4-10(8-17)20-12-11(19-2)15-5-6-16-12/h5-6,9-10H,3-4,7-8H2,1-2H3. The van der Waals surface area contributed by atoms with Crippen LogP contribution in [0.5, 0.6) is 11.8 Å². The maximum Gasteiger partial charge on any atom is 0.278 e. The fraction of sp³-hybridized carbons (Fsp3) is 0.615. The summed E-state index contributed by atoms with van der Waals surface area (Å²) in [6.45, 7) is 2.91. The molecular weight excluding hydrogens is 282 g/mol. The van der Waals surface area contributed by atoms with Gasteiger partial charge in [0, 0.05) is 18.9 Å². The zero-order chi connectivity index (χ0) is 14.5. The summed E-state index contributed by atoms with van der Waals surface area (Å²) in [4.78, 5) is 21.8. The number of ether oxygens (including phenoxy) is 2. The van der Waals surface area contributed by atoms with Crippen LogP contribution in [0.25, 0.3) is 0 Å². The van der Waals surface area contributed by atoms with Gasteiger partial charge < -0.3 is 14.4 Å². The first-order valence-corrected chi connectivity index (χ1v) is 7.00. The molecule has 0 bridgehead atoms. The van der Waals surface area contributed by atoms with Crippen molar-refractivity contribution in [2.75, 3.05) is 20.2 Å². The Morgan fingerprint density at radius 3 is 2.80 bits per heavy atom. The van der Waals surface area contributed by atoms with Crippen LogP contribution in [0.4, 0.5) is 0 Å². The van der Waals surface area contributed by atoms with Gasteiger partial charge in [0.1, 0.15) is 11.5 Å². The second-order valence-electron chi connectivity index (χ2n) is 4.65. The zero-order valence-corrected chi connectivity index (χ0v) is 12.3. The molecular formula is C13H18ClN3O3. The van der Waals surface area contributed by atoms with Crippen LogP contribution in [0.2, 0.25) is 0 Å². The van der Waals surface area contributed by atoms with Crippen LogP contribution in [0.3, 0.4) is 0 Å². The Morgan fingerprint density at radius 2 is 2.15 bits per heavy atom. The molecule has 2 unspecified atom stereocenters. The van der Waals surface area contributed by atoms with Gasteiger partial charge in [-0.15, -0.1) is 11.6 Å². The number of methoxy groups -OCH3 is 1. The van der Waals surface area contributed by atoms with E-state index in [0.29, 0.717) is 24.8 Å². The summed E-state index contributed by atoms with van der Waals surface area (Å²) in [5, 5.41) is -0.514. The number of hydrogen-bond acceptors (Lipinski definition) is 5. The number of aromatic nitrogens is 2. The normalized spacial score (nSPS) is 20.4. The van der Waals surface area contributed by atoms with Gasteiger partial charge >= 0.3 is 0 Å². The molecule has 1 fully saturated rings. The van der Waals surface area contributed by atoms with E-state index < -0.39 is 5.38 Å². The highest BCUT2D eigenvalue weighted by Gasteiger charge is 2.27. The van der Waals surface area contributed by atoms with Gasteiger partial charge in [0.25, 0.3) is 11.8 Å². The Kier molecular flexibility index (Phi) is 5.00. The topological polar surface area (TPSA) is 64.6 Å². The Bertz CT molecular complexity index is 470. The molecule has 0 N–H and O–H groups in total. The average molecular weight is 300 g/mol. The Labute approximate surface area is 123 Å². The number of carbonyl (C=O) groups is 1. The molecule has 2 rings (SSSR count). The van der Waals surface area contributed by atoms with Gasteiger partial charge in [-0.2, -0.15) is 0 Å². The highest BCUT2D eigenvalue weighted by molar-refractivity contribution is 6.30. The number of piperidine rings is 1. The number of amides is 1. The van der Waals surface area contributed by atoms with Crippen LogP contribution >= 0.6 is 11.6 Å². The van der Waals surface area contributed by atoms with Crippen LogP contribution in [0.15, 0.2) is 12.4 Å². The predicted molar refractivity (Wildman–Crippen MR) is 74.1 cm³/mol. The van der Waals surface area contributed by atoms with Crippen LogP contribution in [0.1, 0.15) is 19.8 Å². The molecule has 110 valence electrons. The quantitative estimate of drug-likeness (QED) is 0.788. The molecule has 1 saturated heterocycles. The van der Waals surface area contributed by atoms with Crippen LogP contribution in [-0.4, -0.2) is 52.5 Å². The van der Waals surface area contributed by atoms with E-state index in [1.807, 2.05) is 0 Å². The van der Waals surface area contributed by atoms with E-state index in [9.17, 15) is 4.79 Å². The molecule has 0 radical (unpaired) electrons. The molecule has 0 saturated carbocycles. The first-order chi connectivity index (χ1) is 9.61. The largest absolute Gasteiger partial charge is 0.477 e. The Morgan fingerprint density at radius 1 is 1.45 bits per heavy atom. The van der Waals surface area contributed by atoms with Crippen molar-refractivity contribution in [3.05, 3.63) is 12.4 Å². The van der Waals surface area contributed by atoms with Gasteiger partial charge in [-0.1, -0.05) is 0 Å². The summed E-state index contributed by atoms with van der Waals surface area (Å²) >= 11 is 5.84. The summed E-state index contributed by atoms with van der Waals surface area (Å²) in [6.07, 6.45) is 4.71. The second kappa shape index (κ2) is 6.74. The molecule has 1 aliphatic rings. The molecule has 7 heteroatoms. The van der Waals surface area contributed by atoms with Gasteiger partial charge in [-0.3, -0.25) is 4.79 Å². The summed E-state index contributed by atoms with van der Waals surface area (Å²) in [7, 11) is 1.52. The lowest BCUT2D eigenvalue weighted by atomic mass is 10.1. The third-order valence-electron chi connectivity index (χ3n) is 3.13. The van der Waals surface area contributed by atoms with Crippen molar-refractivity contribution >= 4 is 17.5 Å². The molecule has 1 aromatic heterocycles.